The van der Waals surface area contributed by atoms with Crippen LogP contribution in [-0.4, -0.2) is 13.4 Å². The summed E-state index contributed by atoms with van der Waals surface area (Å²) in [6.07, 6.45) is 0. The Balaban J connectivity index is 1.27. The molecule has 4 heterocycles. The Morgan fingerprint density at radius 3 is 1.03 bits per heavy atom. The van der Waals surface area contributed by atoms with Crippen LogP contribution in [0.25, 0.3) is 99.1 Å². The van der Waals surface area contributed by atoms with Crippen LogP contribution in [0.2, 0.25) is 0 Å². The van der Waals surface area contributed by atoms with E-state index in [1.807, 2.05) is 0 Å². The van der Waals surface area contributed by atoms with E-state index in [-0.39, 0.29) is 13.4 Å². The van der Waals surface area contributed by atoms with Crippen molar-refractivity contribution in [3.63, 3.8) is 0 Å². The number of benzene rings is 10. The molecule has 4 aliphatic rings. The zero-order valence-corrected chi connectivity index (χ0v) is 39.9. The summed E-state index contributed by atoms with van der Waals surface area (Å²) >= 11 is 0. The second-order valence-corrected chi connectivity index (χ2v) is 21.4. The van der Waals surface area contributed by atoms with E-state index in [0.717, 1.165) is 0 Å². The van der Waals surface area contributed by atoms with E-state index in [1.54, 1.807) is 0 Å². The average molecular weight is 843 g/mol. The lowest BCUT2D eigenvalue weighted by molar-refractivity contribution is 0.868. The molecule has 0 aliphatic carbocycles. The van der Waals surface area contributed by atoms with E-state index >= 15 is 0 Å². The third-order valence-corrected chi connectivity index (χ3v) is 16.7. The van der Waals surface area contributed by atoms with Gasteiger partial charge in [0.15, 0.2) is 0 Å². The van der Waals surface area contributed by atoms with Crippen molar-refractivity contribution >= 4 is 78.5 Å². The van der Waals surface area contributed by atoms with Gasteiger partial charge in [-0.15, -0.1) is 0 Å². The van der Waals surface area contributed by atoms with E-state index in [9.17, 15) is 0 Å². The minimum atomic E-state index is 0.152. The van der Waals surface area contributed by atoms with Crippen LogP contribution in [-0.2, 0) is 0 Å². The van der Waals surface area contributed by atoms with Crippen LogP contribution >= 0.6 is 0 Å². The Bertz CT molecular complexity index is 3590. The highest BCUT2D eigenvalue weighted by molar-refractivity contribution is 7.03. The van der Waals surface area contributed by atoms with E-state index in [1.165, 1.54) is 176 Å². The van der Waals surface area contributed by atoms with Gasteiger partial charge in [-0.3, -0.25) is 0 Å². The van der Waals surface area contributed by atoms with Gasteiger partial charge in [0.05, 0.1) is 0 Å². The van der Waals surface area contributed by atoms with Crippen molar-refractivity contribution in [1.82, 2.24) is 0 Å². The van der Waals surface area contributed by atoms with Crippen LogP contribution in [0.15, 0.2) is 121 Å². The van der Waals surface area contributed by atoms with Gasteiger partial charge in [-0.25, -0.2) is 0 Å². The molecule has 314 valence electrons. The monoisotopic (exact) mass is 842 g/mol. The van der Waals surface area contributed by atoms with Gasteiger partial charge >= 0.3 is 0 Å². The predicted molar refractivity (Wildman–Crippen MR) is 289 cm³/mol. The van der Waals surface area contributed by atoms with Crippen molar-refractivity contribution in [2.75, 3.05) is 0 Å². The molecule has 0 N–H and O–H groups in total. The van der Waals surface area contributed by atoms with Crippen molar-refractivity contribution in [3.05, 3.63) is 166 Å². The third-order valence-electron chi connectivity index (χ3n) is 16.7. The molecular formula is C64H52B2. The quantitative estimate of drug-likeness (QED) is 0.122. The van der Waals surface area contributed by atoms with Gasteiger partial charge in [-0.1, -0.05) is 181 Å². The van der Waals surface area contributed by atoms with Gasteiger partial charge in [-0.05, 0) is 198 Å². The van der Waals surface area contributed by atoms with Crippen LogP contribution < -0.4 is 32.8 Å². The van der Waals surface area contributed by atoms with Gasteiger partial charge in [0, 0.05) is 0 Å². The molecule has 0 nitrogen and oxygen atoms in total. The predicted octanol–water partition coefficient (Wildman–Crippen LogP) is 13.0. The minimum absolute atomic E-state index is 0.152. The summed E-state index contributed by atoms with van der Waals surface area (Å²) in [6, 6.07) is 49.3. The fraction of sp³-hybridized carbons (Fsp3) is 0.188. The fourth-order valence-electron chi connectivity index (χ4n) is 14.3. The normalized spacial score (nSPS) is 13.5. The molecule has 2 heteroatoms. The van der Waals surface area contributed by atoms with Crippen LogP contribution in [0.5, 0.6) is 0 Å². The van der Waals surface area contributed by atoms with Crippen LogP contribution in [0, 0.1) is 41.5 Å². The fourth-order valence-corrected chi connectivity index (χ4v) is 14.3. The van der Waals surface area contributed by atoms with Crippen LogP contribution in [0.3, 0.4) is 0 Å². The molecular weight excluding hydrogens is 790 g/mol. The Labute approximate surface area is 390 Å². The van der Waals surface area contributed by atoms with Crippen molar-refractivity contribution in [3.8, 4) is 66.8 Å². The highest BCUT2D eigenvalue weighted by atomic mass is 14.4. The highest BCUT2D eigenvalue weighted by Crippen LogP contribution is 2.52. The van der Waals surface area contributed by atoms with Crippen molar-refractivity contribution in [2.24, 2.45) is 0 Å². The van der Waals surface area contributed by atoms with E-state index < -0.39 is 0 Å². The average Bonchev–Trinajstić information content (AvgIpc) is 3.80. The van der Waals surface area contributed by atoms with Gasteiger partial charge in [0.1, 0.15) is 0 Å². The SMILES string of the molecule is Cc1cc(C)c(-c2cc3c4c(cc5c(-c6c(C)cc(C)cc6C)cc6c7c(cc2c4c57)B2c4ccccc4-c4cc(C(C)C)cc-6c42)B2c4ccccc4-c4cc(C(C)C)cc-3c42)c(C)c1. The standard InChI is InChI=1S/C64H52B2/c1-31(2)39-23-49-41-15-11-13-17-53(41)65-55-29-48-44(58-37(9)21-34(6)22-38(58)10)28-46-52-26-40(32(3)4)24-50-42-16-12-14-18-54(42)66(64(50)52)56-30-47-43(57-35(7)19-33(5)20-36(57)8)27-45(51(25-39)63(49)65)59(55)61(47)62(48)60(46)56/h11-32H,1-10H3. The number of aryl methyl sites for hydroxylation is 6. The van der Waals surface area contributed by atoms with Gasteiger partial charge in [0.25, 0.3) is 0 Å². The van der Waals surface area contributed by atoms with Gasteiger partial charge < -0.3 is 0 Å². The Hall–Kier alpha value is -6.63. The van der Waals surface area contributed by atoms with E-state index in [0.29, 0.717) is 11.8 Å². The number of hydrogen-bond acceptors (Lipinski definition) is 0. The molecule has 10 aromatic rings. The molecule has 0 fully saturated rings. The lowest BCUT2D eigenvalue weighted by Crippen LogP contribution is -2.53. The van der Waals surface area contributed by atoms with Gasteiger partial charge in [0.2, 0.25) is 13.4 Å². The zero-order chi connectivity index (χ0) is 44.9. The molecule has 0 saturated carbocycles. The molecule has 0 radical (unpaired) electrons. The third kappa shape index (κ3) is 4.78. The summed E-state index contributed by atoms with van der Waals surface area (Å²) in [6.45, 7) is 23.6. The topological polar surface area (TPSA) is 0 Å². The Morgan fingerprint density at radius 2 is 0.667 bits per heavy atom. The summed E-state index contributed by atoms with van der Waals surface area (Å²) in [5.74, 6) is 0.808. The van der Waals surface area contributed by atoms with Crippen molar-refractivity contribution in [2.45, 2.75) is 81.1 Å². The van der Waals surface area contributed by atoms with Crippen LogP contribution in [0.1, 0.15) is 84.0 Å². The minimum Gasteiger partial charge on any atom is -0.0664 e. The molecule has 0 amide bonds. The summed E-state index contributed by atoms with van der Waals surface area (Å²) < 4.78 is 0. The highest BCUT2D eigenvalue weighted by Gasteiger charge is 2.45. The van der Waals surface area contributed by atoms with E-state index in [2.05, 4.69) is 191 Å². The maximum Gasteiger partial charge on any atom is 0.244 e. The summed E-state index contributed by atoms with van der Waals surface area (Å²) in [4.78, 5) is 0. The molecule has 10 aromatic carbocycles. The number of hydrogen-bond donors (Lipinski definition) is 0. The first kappa shape index (κ1) is 38.6. The first-order valence-corrected chi connectivity index (χ1v) is 24.5. The van der Waals surface area contributed by atoms with Gasteiger partial charge in [-0.2, -0.15) is 0 Å². The zero-order valence-electron chi connectivity index (χ0n) is 39.9. The molecule has 66 heavy (non-hydrogen) atoms. The number of rotatable bonds is 4. The summed E-state index contributed by atoms with van der Waals surface area (Å²) in [7, 11) is 0. The van der Waals surface area contributed by atoms with Crippen molar-refractivity contribution in [1.29, 1.82) is 0 Å². The molecule has 0 bridgehead atoms. The Kier molecular flexibility index (Phi) is 7.63. The molecule has 0 aromatic heterocycles. The lowest BCUT2D eigenvalue weighted by Gasteiger charge is -2.33. The largest absolute Gasteiger partial charge is 0.244 e. The smallest absolute Gasteiger partial charge is 0.0664 e. The molecule has 14 rings (SSSR count). The Morgan fingerprint density at radius 1 is 0.318 bits per heavy atom. The number of fused-ring (bicyclic) bond motifs is 10. The second-order valence-electron chi connectivity index (χ2n) is 21.4. The van der Waals surface area contributed by atoms with Crippen LogP contribution in [0.4, 0.5) is 0 Å². The lowest BCUT2D eigenvalue weighted by atomic mass is 9.34. The maximum absolute atomic E-state index is 2.70. The maximum atomic E-state index is 2.70. The molecule has 0 unspecified atom stereocenters. The summed E-state index contributed by atoms with van der Waals surface area (Å²) in [5, 5.41) is 8.57. The second kappa shape index (κ2) is 13.0. The molecule has 0 atom stereocenters. The molecule has 4 aliphatic heterocycles. The van der Waals surface area contributed by atoms with E-state index in [4.69, 9.17) is 0 Å². The summed E-state index contributed by atoms with van der Waals surface area (Å²) in [5.41, 5.74) is 36.4. The van der Waals surface area contributed by atoms with Crippen molar-refractivity contribution < 1.29 is 0 Å². The molecule has 0 spiro atoms. The first-order chi connectivity index (χ1) is 31.9. The molecule has 0 saturated heterocycles. The first-order valence-electron chi connectivity index (χ1n) is 24.5.